The van der Waals surface area contributed by atoms with Crippen LogP contribution in [0.15, 0.2) is 12.4 Å². The fourth-order valence-electron chi connectivity index (χ4n) is 0.853. The summed E-state index contributed by atoms with van der Waals surface area (Å²) in [5, 5.41) is 0. The van der Waals surface area contributed by atoms with Crippen molar-refractivity contribution in [3.05, 3.63) is 18.0 Å². The van der Waals surface area contributed by atoms with Crippen LogP contribution in [-0.4, -0.2) is 12.1 Å². The Morgan fingerprint density at radius 3 is 2.60 bits per heavy atom. The number of nitrogens with two attached hydrogens (primary N) is 1. The van der Waals surface area contributed by atoms with Crippen LogP contribution in [0.3, 0.4) is 0 Å². The zero-order chi connectivity index (χ0) is 7.56. The average molecular weight is 138 g/mol. The van der Waals surface area contributed by atoms with Gasteiger partial charge in [0.1, 0.15) is 5.75 Å². The van der Waals surface area contributed by atoms with Gasteiger partial charge in [-0.05, 0) is 6.92 Å². The van der Waals surface area contributed by atoms with Gasteiger partial charge in [0, 0.05) is 11.8 Å². The molecular formula is C7H10N2O. The number of nitrogens with zero attached hydrogens (tertiary/aromatic N) is 1. The van der Waals surface area contributed by atoms with Crippen LogP contribution in [0.1, 0.15) is 5.56 Å². The second-order valence-electron chi connectivity index (χ2n) is 2.08. The van der Waals surface area contributed by atoms with Gasteiger partial charge in [-0.3, -0.25) is 4.98 Å². The highest BCUT2D eigenvalue weighted by Crippen LogP contribution is 2.22. The molecule has 0 bridgehead atoms. The molecule has 0 atom stereocenters. The molecule has 10 heavy (non-hydrogen) atoms. The molecule has 0 amide bonds. The van der Waals surface area contributed by atoms with Gasteiger partial charge in [-0.2, -0.15) is 0 Å². The first kappa shape index (κ1) is 6.86. The van der Waals surface area contributed by atoms with E-state index in [1.54, 1.807) is 19.5 Å². The maximum absolute atomic E-state index is 5.54. The number of aromatic nitrogens is 1. The number of pyridine rings is 1. The van der Waals surface area contributed by atoms with Gasteiger partial charge in [0.05, 0.1) is 19.0 Å². The quantitative estimate of drug-likeness (QED) is 0.629. The van der Waals surface area contributed by atoms with Crippen LogP contribution in [0.25, 0.3) is 0 Å². The van der Waals surface area contributed by atoms with E-state index in [0.717, 1.165) is 11.3 Å². The molecule has 1 heterocycles. The van der Waals surface area contributed by atoms with Crippen molar-refractivity contribution in [1.82, 2.24) is 4.98 Å². The fourth-order valence-corrected chi connectivity index (χ4v) is 0.853. The molecule has 3 nitrogen and oxygen atoms in total. The van der Waals surface area contributed by atoms with Gasteiger partial charge < -0.3 is 10.5 Å². The van der Waals surface area contributed by atoms with Gasteiger partial charge in [-0.25, -0.2) is 0 Å². The van der Waals surface area contributed by atoms with Gasteiger partial charge in [-0.1, -0.05) is 0 Å². The van der Waals surface area contributed by atoms with E-state index in [4.69, 9.17) is 10.5 Å². The van der Waals surface area contributed by atoms with Crippen molar-refractivity contribution in [3.63, 3.8) is 0 Å². The van der Waals surface area contributed by atoms with E-state index in [0.29, 0.717) is 5.69 Å². The molecule has 0 unspecified atom stereocenters. The minimum absolute atomic E-state index is 0.586. The zero-order valence-corrected chi connectivity index (χ0v) is 6.09. The second-order valence-corrected chi connectivity index (χ2v) is 2.08. The molecular weight excluding hydrogens is 128 g/mol. The van der Waals surface area contributed by atoms with Crippen LogP contribution in [0.4, 0.5) is 5.69 Å². The third-order valence-electron chi connectivity index (χ3n) is 1.31. The highest BCUT2D eigenvalue weighted by molar-refractivity contribution is 5.53. The minimum Gasteiger partial charge on any atom is -0.494 e. The lowest BCUT2D eigenvalue weighted by atomic mass is 10.2. The molecule has 2 N–H and O–H groups in total. The summed E-state index contributed by atoms with van der Waals surface area (Å²) < 4.78 is 5.01. The molecule has 1 rings (SSSR count). The second kappa shape index (κ2) is 2.56. The van der Waals surface area contributed by atoms with Crippen molar-refractivity contribution < 1.29 is 4.74 Å². The molecule has 0 aromatic carbocycles. The summed E-state index contributed by atoms with van der Waals surface area (Å²) in [6.45, 7) is 1.90. The first-order valence-corrected chi connectivity index (χ1v) is 2.99. The first-order chi connectivity index (χ1) is 4.75. The van der Waals surface area contributed by atoms with Gasteiger partial charge in [-0.15, -0.1) is 0 Å². The molecule has 54 valence electrons. The molecule has 0 aliphatic carbocycles. The Morgan fingerprint density at radius 1 is 1.50 bits per heavy atom. The third kappa shape index (κ3) is 1.03. The lowest BCUT2D eigenvalue weighted by Gasteiger charge is -2.05. The van der Waals surface area contributed by atoms with Crippen molar-refractivity contribution in [2.45, 2.75) is 6.92 Å². The van der Waals surface area contributed by atoms with Crippen molar-refractivity contribution in [2.24, 2.45) is 0 Å². The fraction of sp³-hybridized carbons (Fsp3) is 0.286. The smallest absolute Gasteiger partial charge is 0.147 e. The van der Waals surface area contributed by atoms with Crippen LogP contribution in [-0.2, 0) is 0 Å². The number of nitrogen functional groups attached to an aromatic ring is 1. The van der Waals surface area contributed by atoms with Gasteiger partial charge in [0.2, 0.25) is 0 Å². The van der Waals surface area contributed by atoms with Crippen molar-refractivity contribution in [3.8, 4) is 5.75 Å². The molecule has 0 spiro atoms. The number of hydrogen-bond acceptors (Lipinski definition) is 3. The standard InChI is InChI=1S/C7H10N2O/c1-5-3-9-4-6(8)7(5)10-2/h3-4H,8H2,1-2H3. The van der Waals surface area contributed by atoms with E-state index < -0.39 is 0 Å². The topological polar surface area (TPSA) is 48.1 Å². The van der Waals surface area contributed by atoms with Crippen LogP contribution < -0.4 is 10.5 Å². The number of hydrogen-bond donors (Lipinski definition) is 1. The Labute approximate surface area is 59.8 Å². The third-order valence-corrected chi connectivity index (χ3v) is 1.31. The Hall–Kier alpha value is -1.25. The molecule has 0 saturated carbocycles. The van der Waals surface area contributed by atoms with Crippen molar-refractivity contribution >= 4 is 5.69 Å². The van der Waals surface area contributed by atoms with Crippen LogP contribution in [0.5, 0.6) is 5.75 Å². The normalized spacial score (nSPS) is 9.40. The van der Waals surface area contributed by atoms with Crippen LogP contribution in [0.2, 0.25) is 0 Å². The number of anilines is 1. The van der Waals surface area contributed by atoms with E-state index in [9.17, 15) is 0 Å². The van der Waals surface area contributed by atoms with Crippen molar-refractivity contribution in [2.75, 3.05) is 12.8 Å². The maximum atomic E-state index is 5.54. The average Bonchev–Trinajstić information content (AvgIpc) is 1.88. The van der Waals surface area contributed by atoms with E-state index in [1.807, 2.05) is 6.92 Å². The van der Waals surface area contributed by atoms with Gasteiger partial charge in [0.15, 0.2) is 0 Å². The molecule has 0 fully saturated rings. The largest absolute Gasteiger partial charge is 0.494 e. The Kier molecular flexibility index (Phi) is 1.76. The summed E-state index contributed by atoms with van der Waals surface area (Å²) >= 11 is 0. The lowest BCUT2D eigenvalue weighted by Crippen LogP contribution is -1.95. The Bertz CT molecular complexity index is 215. The molecule has 0 aliphatic heterocycles. The lowest BCUT2D eigenvalue weighted by molar-refractivity contribution is 0.413. The summed E-state index contributed by atoms with van der Waals surface area (Å²) in [4.78, 5) is 3.89. The predicted octanol–water partition coefficient (Wildman–Crippen LogP) is 0.981. The Morgan fingerprint density at radius 2 is 2.20 bits per heavy atom. The summed E-state index contributed by atoms with van der Waals surface area (Å²) in [5.74, 6) is 0.718. The van der Waals surface area contributed by atoms with E-state index in [1.165, 1.54) is 0 Å². The molecule has 0 aliphatic rings. The van der Waals surface area contributed by atoms with Crippen LogP contribution in [0, 0.1) is 6.92 Å². The van der Waals surface area contributed by atoms with Gasteiger partial charge in [0.25, 0.3) is 0 Å². The highest BCUT2D eigenvalue weighted by Gasteiger charge is 2.00. The van der Waals surface area contributed by atoms with E-state index in [2.05, 4.69) is 4.98 Å². The summed E-state index contributed by atoms with van der Waals surface area (Å²) in [5.41, 5.74) is 7.09. The number of methoxy groups -OCH3 is 1. The number of rotatable bonds is 1. The van der Waals surface area contributed by atoms with E-state index >= 15 is 0 Å². The SMILES string of the molecule is COc1c(C)cncc1N. The molecule has 0 saturated heterocycles. The highest BCUT2D eigenvalue weighted by atomic mass is 16.5. The number of ether oxygens (including phenoxy) is 1. The number of aryl methyl sites for hydroxylation is 1. The van der Waals surface area contributed by atoms with Crippen molar-refractivity contribution in [1.29, 1.82) is 0 Å². The van der Waals surface area contributed by atoms with Gasteiger partial charge >= 0.3 is 0 Å². The monoisotopic (exact) mass is 138 g/mol. The van der Waals surface area contributed by atoms with E-state index in [-0.39, 0.29) is 0 Å². The maximum Gasteiger partial charge on any atom is 0.147 e. The minimum atomic E-state index is 0.586. The zero-order valence-electron chi connectivity index (χ0n) is 6.09. The molecule has 0 radical (unpaired) electrons. The predicted molar refractivity (Wildman–Crippen MR) is 39.9 cm³/mol. The summed E-state index contributed by atoms with van der Waals surface area (Å²) in [7, 11) is 1.60. The summed E-state index contributed by atoms with van der Waals surface area (Å²) in [6, 6.07) is 0. The summed E-state index contributed by atoms with van der Waals surface area (Å²) in [6.07, 6.45) is 3.29. The molecule has 1 aromatic rings. The Balaban J connectivity index is 3.17. The first-order valence-electron chi connectivity index (χ1n) is 2.99. The molecule has 1 aromatic heterocycles. The molecule has 3 heteroatoms. The van der Waals surface area contributed by atoms with Crippen LogP contribution >= 0.6 is 0 Å².